The molecule has 0 atom stereocenters. The van der Waals surface area contributed by atoms with Crippen molar-refractivity contribution in [3.05, 3.63) is 36.2 Å². The molecule has 5 nitrogen and oxygen atoms in total. The van der Waals surface area contributed by atoms with Gasteiger partial charge in [0.25, 0.3) is 0 Å². The van der Waals surface area contributed by atoms with Crippen LogP contribution in [0, 0.1) is 6.92 Å². The van der Waals surface area contributed by atoms with Gasteiger partial charge in [-0.2, -0.15) is 0 Å². The normalized spacial score (nSPS) is 10.3. The molecule has 106 valence electrons. The largest absolute Gasteiger partial charge is 0.393 e. The van der Waals surface area contributed by atoms with Gasteiger partial charge in [0.05, 0.1) is 0 Å². The van der Waals surface area contributed by atoms with Crippen molar-refractivity contribution >= 4 is 23.0 Å². The third kappa shape index (κ3) is 2.82. The number of nitrogens with two attached hydrogens (primary N) is 1. The number of aryl methyl sites for hydroxylation is 1. The minimum Gasteiger partial charge on any atom is -0.393 e. The first-order chi connectivity index (χ1) is 9.67. The van der Waals surface area contributed by atoms with Crippen LogP contribution in [-0.2, 0) is 0 Å². The lowest BCUT2D eigenvalue weighted by molar-refractivity contribution is 0.976. The van der Waals surface area contributed by atoms with E-state index in [-0.39, 0.29) is 0 Å². The van der Waals surface area contributed by atoms with E-state index in [4.69, 9.17) is 5.73 Å². The molecule has 0 aliphatic heterocycles. The molecular weight excluding hydrogens is 250 g/mol. The Balaban J connectivity index is 2.44. The smallest absolute Gasteiger partial charge is 0.161 e. The maximum atomic E-state index is 6.19. The summed E-state index contributed by atoms with van der Waals surface area (Å²) in [7, 11) is 0. The van der Waals surface area contributed by atoms with Crippen molar-refractivity contribution < 1.29 is 0 Å². The van der Waals surface area contributed by atoms with Crippen LogP contribution in [0.4, 0.5) is 23.0 Å². The number of anilines is 4. The minimum absolute atomic E-state index is 0.581. The van der Waals surface area contributed by atoms with Crippen molar-refractivity contribution in [2.45, 2.75) is 20.8 Å². The van der Waals surface area contributed by atoms with Gasteiger partial charge in [-0.05, 0) is 38.5 Å². The van der Waals surface area contributed by atoms with Crippen molar-refractivity contribution in [2.75, 3.05) is 29.0 Å². The zero-order chi connectivity index (χ0) is 14.5. The lowest BCUT2D eigenvalue weighted by Crippen LogP contribution is -2.20. The number of hydrogen-bond acceptors (Lipinski definition) is 5. The summed E-state index contributed by atoms with van der Waals surface area (Å²) in [5.74, 6) is 1.42. The summed E-state index contributed by atoms with van der Waals surface area (Å²) in [5, 5.41) is 3.16. The SMILES string of the molecule is CCNc1ncnc(N(CC)c2cccc(C)c2)c1N. The molecule has 0 aliphatic rings. The highest BCUT2D eigenvalue weighted by Crippen LogP contribution is 2.31. The van der Waals surface area contributed by atoms with Crippen LogP contribution in [0.15, 0.2) is 30.6 Å². The average Bonchev–Trinajstić information content (AvgIpc) is 2.44. The lowest BCUT2D eigenvalue weighted by atomic mass is 10.2. The molecule has 1 aromatic carbocycles. The van der Waals surface area contributed by atoms with Gasteiger partial charge in [0.15, 0.2) is 11.6 Å². The first-order valence-electron chi connectivity index (χ1n) is 6.85. The highest BCUT2D eigenvalue weighted by molar-refractivity contribution is 5.79. The summed E-state index contributed by atoms with van der Waals surface area (Å²) in [5.41, 5.74) is 9.07. The number of hydrogen-bond donors (Lipinski definition) is 2. The monoisotopic (exact) mass is 271 g/mol. The van der Waals surface area contributed by atoms with Crippen LogP contribution in [0.25, 0.3) is 0 Å². The third-order valence-electron chi connectivity index (χ3n) is 3.09. The van der Waals surface area contributed by atoms with Gasteiger partial charge in [-0.1, -0.05) is 12.1 Å². The molecule has 0 bridgehead atoms. The summed E-state index contributed by atoms with van der Waals surface area (Å²) in [6.07, 6.45) is 1.54. The van der Waals surface area contributed by atoms with Crippen molar-refractivity contribution in [3.63, 3.8) is 0 Å². The lowest BCUT2D eigenvalue weighted by Gasteiger charge is -2.24. The second-order valence-electron chi connectivity index (χ2n) is 4.57. The Morgan fingerprint density at radius 2 is 2.05 bits per heavy atom. The van der Waals surface area contributed by atoms with Crippen LogP contribution >= 0.6 is 0 Å². The first-order valence-corrected chi connectivity index (χ1v) is 6.85. The Hall–Kier alpha value is -2.30. The molecule has 0 saturated carbocycles. The maximum Gasteiger partial charge on any atom is 0.161 e. The predicted octanol–water partition coefficient (Wildman–Crippen LogP) is 2.96. The molecule has 0 saturated heterocycles. The van der Waals surface area contributed by atoms with Gasteiger partial charge < -0.3 is 16.0 Å². The summed E-state index contributed by atoms with van der Waals surface area (Å²) in [4.78, 5) is 10.6. The van der Waals surface area contributed by atoms with E-state index in [1.54, 1.807) is 6.33 Å². The van der Waals surface area contributed by atoms with Gasteiger partial charge in [-0.25, -0.2) is 9.97 Å². The minimum atomic E-state index is 0.581. The van der Waals surface area contributed by atoms with E-state index < -0.39 is 0 Å². The van der Waals surface area contributed by atoms with Gasteiger partial charge in [-0.3, -0.25) is 0 Å². The number of aromatic nitrogens is 2. The van der Waals surface area contributed by atoms with Crippen LogP contribution in [0.5, 0.6) is 0 Å². The number of nitrogen functional groups attached to an aromatic ring is 1. The molecule has 5 heteroatoms. The van der Waals surface area contributed by atoms with E-state index in [1.165, 1.54) is 5.56 Å². The van der Waals surface area contributed by atoms with Crippen LogP contribution < -0.4 is 16.0 Å². The quantitative estimate of drug-likeness (QED) is 0.875. The van der Waals surface area contributed by atoms with Crippen molar-refractivity contribution in [1.82, 2.24) is 9.97 Å². The van der Waals surface area contributed by atoms with E-state index in [2.05, 4.69) is 52.2 Å². The Morgan fingerprint density at radius 1 is 1.25 bits per heavy atom. The summed E-state index contributed by atoms with van der Waals surface area (Å²) >= 11 is 0. The van der Waals surface area contributed by atoms with Crippen molar-refractivity contribution in [1.29, 1.82) is 0 Å². The van der Waals surface area contributed by atoms with E-state index >= 15 is 0 Å². The molecule has 2 rings (SSSR count). The van der Waals surface area contributed by atoms with Crippen LogP contribution in [0.3, 0.4) is 0 Å². The second-order valence-corrected chi connectivity index (χ2v) is 4.57. The summed E-state index contributed by atoms with van der Waals surface area (Å²) < 4.78 is 0. The number of nitrogens with zero attached hydrogens (tertiary/aromatic N) is 3. The fourth-order valence-corrected chi connectivity index (χ4v) is 2.16. The predicted molar refractivity (Wildman–Crippen MR) is 84.5 cm³/mol. The molecule has 0 fully saturated rings. The van der Waals surface area contributed by atoms with Crippen molar-refractivity contribution in [2.24, 2.45) is 0 Å². The van der Waals surface area contributed by atoms with E-state index in [0.29, 0.717) is 11.5 Å². The van der Waals surface area contributed by atoms with Crippen molar-refractivity contribution in [3.8, 4) is 0 Å². The molecule has 3 N–H and O–H groups in total. The second kappa shape index (κ2) is 6.23. The number of rotatable bonds is 5. The fraction of sp³-hybridized carbons (Fsp3) is 0.333. The van der Waals surface area contributed by atoms with Crippen LogP contribution in [-0.4, -0.2) is 23.1 Å². The zero-order valence-corrected chi connectivity index (χ0v) is 12.2. The standard InChI is InChI=1S/C15H21N5/c1-4-17-14-13(16)15(19-10-18-14)20(5-2)12-8-6-7-11(3)9-12/h6-10H,4-5,16H2,1-3H3,(H,17,18,19). The first kappa shape index (κ1) is 14.1. The number of nitrogens with one attached hydrogen (secondary N) is 1. The molecule has 1 heterocycles. The molecule has 0 aliphatic carbocycles. The Kier molecular flexibility index (Phi) is 4.40. The Bertz CT molecular complexity index is 582. The van der Waals surface area contributed by atoms with Gasteiger partial charge in [0.1, 0.15) is 12.0 Å². The fourth-order valence-electron chi connectivity index (χ4n) is 2.16. The molecule has 2 aromatic rings. The highest BCUT2D eigenvalue weighted by atomic mass is 15.2. The summed E-state index contributed by atoms with van der Waals surface area (Å²) in [6, 6.07) is 8.30. The molecular formula is C15H21N5. The number of benzene rings is 1. The summed E-state index contributed by atoms with van der Waals surface area (Å²) in [6.45, 7) is 7.73. The van der Waals surface area contributed by atoms with Crippen LogP contribution in [0.1, 0.15) is 19.4 Å². The van der Waals surface area contributed by atoms with E-state index in [0.717, 1.165) is 24.6 Å². The Labute approximate surface area is 119 Å². The average molecular weight is 271 g/mol. The van der Waals surface area contributed by atoms with Crippen LogP contribution in [0.2, 0.25) is 0 Å². The van der Waals surface area contributed by atoms with Gasteiger partial charge in [0, 0.05) is 18.8 Å². The molecule has 0 amide bonds. The highest BCUT2D eigenvalue weighted by Gasteiger charge is 2.15. The molecule has 0 spiro atoms. The zero-order valence-electron chi connectivity index (χ0n) is 12.2. The maximum absolute atomic E-state index is 6.19. The van der Waals surface area contributed by atoms with Gasteiger partial charge in [-0.15, -0.1) is 0 Å². The molecule has 20 heavy (non-hydrogen) atoms. The molecule has 1 aromatic heterocycles. The molecule has 0 unspecified atom stereocenters. The topological polar surface area (TPSA) is 67.1 Å². The van der Waals surface area contributed by atoms with Gasteiger partial charge in [0.2, 0.25) is 0 Å². The van der Waals surface area contributed by atoms with E-state index in [1.807, 2.05) is 13.0 Å². The third-order valence-corrected chi connectivity index (χ3v) is 3.09. The van der Waals surface area contributed by atoms with Gasteiger partial charge >= 0.3 is 0 Å². The molecule has 0 radical (unpaired) electrons. The van der Waals surface area contributed by atoms with E-state index in [9.17, 15) is 0 Å². The Morgan fingerprint density at radius 3 is 2.70 bits per heavy atom.